The standard InChI is InChI=1S/C25H29NO3.C9H10O2.C2H6/c1-3-10-21-18(4-2)15-23(19-11-6-5-7-12-19)22-13-8-9-14-24(22)26(25(21)29)16-20(28)17-27;1-8(10)11-7-9-5-3-2-4-6-9;1-2/h5-9,11-15,18,21,27H,3-4,10,16-17H2,1-2H3;2-6H,7H2,1H3;1-2H3/b23-15-;;. The molecule has 0 aliphatic carbocycles. The Bertz CT molecular complexity index is 1290. The van der Waals surface area contributed by atoms with Crippen LogP contribution in [0.15, 0.2) is 91.0 Å². The van der Waals surface area contributed by atoms with Crippen molar-refractivity contribution in [2.24, 2.45) is 11.8 Å². The fourth-order valence-electron chi connectivity index (χ4n) is 4.93. The van der Waals surface area contributed by atoms with E-state index in [-0.39, 0.29) is 36.0 Å². The molecule has 6 heteroatoms. The number of para-hydroxylation sites is 1. The van der Waals surface area contributed by atoms with Gasteiger partial charge < -0.3 is 14.7 Å². The predicted octanol–water partition coefficient (Wildman–Crippen LogP) is 7.24. The molecule has 1 heterocycles. The molecule has 3 aromatic rings. The Hall–Kier alpha value is -4.03. The zero-order valence-corrected chi connectivity index (χ0v) is 25.6. The van der Waals surface area contributed by atoms with Crippen LogP contribution >= 0.6 is 0 Å². The second-order valence-electron chi connectivity index (χ2n) is 9.82. The predicted molar refractivity (Wildman–Crippen MR) is 170 cm³/mol. The summed E-state index contributed by atoms with van der Waals surface area (Å²) >= 11 is 0. The fourth-order valence-corrected chi connectivity index (χ4v) is 4.93. The summed E-state index contributed by atoms with van der Waals surface area (Å²) in [6.07, 6.45) is 4.75. The van der Waals surface area contributed by atoms with Crippen molar-refractivity contribution in [1.82, 2.24) is 0 Å². The number of ether oxygens (including phenoxy) is 1. The van der Waals surface area contributed by atoms with Gasteiger partial charge in [-0.25, -0.2) is 0 Å². The maximum atomic E-state index is 13.6. The number of esters is 1. The van der Waals surface area contributed by atoms with E-state index >= 15 is 0 Å². The van der Waals surface area contributed by atoms with E-state index in [0.29, 0.717) is 6.61 Å². The van der Waals surface area contributed by atoms with Gasteiger partial charge in [0.2, 0.25) is 5.91 Å². The van der Waals surface area contributed by atoms with Gasteiger partial charge >= 0.3 is 5.97 Å². The van der Waals surface area contributed by atoms with E-state index in [2.05, 4.69) is 32.1 Å². The van der Waals surface area contributed by atoms with Crippen LogP contribution in [0.25, 0.3) is 5.57 Å². The number of hydrogen-bond acceptors (Lipinski definition) is 5. The molecule has 0 fully saturated rings. The molecular formula is C36H45NO5. The van der Waals surface area contributed by atoms with E-state index in [4.69, 9.17) is 4.74 Å². The van der Waals surface area contributed by atoms with Crippen molar-refractivity contribution in [3.05, 3.63) is 108 Å². The van der Waals surface area contributed by atoms with Crippen molar-refractivity contribution >= 4 is 28.9 Å². The number of fused-ring (bicyclic) bond motifs is 1. The van der Waals surface area contributed by atoms with Crippen LogP contribution in [0.5, 0.6) is 0 Å². The highest BCUT2D eigenvalue weighted by atomic mass is 16.5. The smallest absolute Gasteiger partial charge is 0.302 e. The normalized spacial score (nSPS) is 17.0. The number of aliphatic hydroxyl groups excluding tert-OH is 1. The first-order valence-electron chi connectivity index (χ1n) is 14.9. The van der Waals surface area contributed by atoms with Crippen molar-refractivity contribution in [3.8, 4) is 0 Å². The molecule has 42 heavy (non-hydrogen) atoms. The Balaban J connectivity index is 0.000000396. The minimum absolute atomic E-state index is 0.0312. The average molecular weight is 572 g/mol. The summed E-state index contributed by atoms with van der Waals surface area (Å²) < 4.78 is 4.79. The van der Waals surface area contributed by atoms with Gasteiger partial charge in [0, 0.05) is 18.4 Å². The van der Waals surface area contributed by atoms with E-state index in [9.17, 15) is 19.5 Å². The van der Waals surface area contributed by atoms with E-state index in [1.54, 1.807) is 4.90 Å². The Morgan fingerprint density at radius 2 is 1.48 bits per heavy atom. The number of benzene rings is 3. The first-order valence-corrected chi connectivity index (χ1v) is 14.9. The summed E-state index contributed by atoms with van der Waals surface area (Å²) in [5.74, 6) is -0.742. The molecule has 0 saturated heterocycles. The third-order valence-electron chi connectivity index (χ3n) is 6.92. The minimum Gasteiger partial charge on any atom is -0.461 e. The molecule has 0 spiro atoms. The van der Waals surface area contributed by atoms with Crippen molar-refractivity contribution in [2.75, 3.05) is 18.1 Å². The van der Waals surface area contributed by atoms with Crippen LogP contribution < -0.4 is 4.90 Å². The van der Waals surface area contributed by atoms with Crippen molar-refractivity contribution in [1.29, 1.82) is 0 Å². The van der Waals surface area contributed by atoms with Gasteiger partial charge in [0.05, 0.1) is 12.2 Å². The minimum atomic E-state index is -0.566. The number of Topliss-reactive ketones (excluding diaryl/α,β-unsaturated/α-hetero) is 1. The van der Waals surface area contributed by atoms with Crippen molar-refractivity contribution in [2.45, 2.75) is 60.5 Å². The number of rotatable bonds is 9. The first kappa shape index (κ1) is 34.2. The van der Waals surface area contributed by atoms with Gasteiger partial charge in [-0.2, -0.15) is 0 Å². The molecule has 2 unspecified atom stereocenters. The van der Waals surface area contributed by atoms with E-state index < -0.39 is 6.61 Å². The largest absolute Gasteiger partial charge is 0.461 e. The Kier molecular flexibility index (Phi) is 15.0. The summed E-state index contributed by atoms with van der Waals surface area (Å²) in [7, 11) is 0. The lowest BCUT2D eigenvalue weighted by atomic mass is 9.80. The maximum absolute atomic E-state index is 13.6. The zero-order chi connectivity index (χ0) is 30.9. The zero-order valence-electron chi connectivity index (χ0n) is 25.6. The van der Waals surface area contributed by atoms with E-state index in [1.165, 1.54) is 6.92 Å². The molecule has 224 valence electrons. The van der Waals surface area contributed by atoms with Crippen LogP contribution in [-0.4, -0.2) is 35.9 Å². The number of aliphatic hydroxyl groups is 1. The van der Waals surface area contributed by atoms with Crippen LogP contribution in [0, 0.1) is 11.8 Å². The lowest BCUT2D eigenvalue weighted by molar-refractivity contribution is -0.142. The van der Waals surface area contributed by atoms with E-state index in [0.717, 1.165) is 47.2 Å². The third kappa shape index (κ3) is 9.81. The number of amides is 1. The topological polar surface area (TPSA) is 83.9 Å². The Morgan fingerprint density at radius 3 is 2.05 bits per heavy atom. The molecule has 0 aromatic heterocycles. The second-order valence-corrected chi connectivity index (χ2v) is 9.82. The van der Waals surface area contributed by atoms with Crippen LogP contribution in [-0.2, 0) is 25.7 Å². The van der Waals surface area contributed by atoms with Crippen LogP contribution in [0.2, 0.25) is 0 Å². The summed E-state index contributed by atoms with van der Waals surface area (Å²) in [5, 5.41) is 9.32. The number of ketones is 1. The molecule has 0 radical (unpaired) electrons. The maximum Gasteiger partial charge on any atom is 0.302 e. The molecule has 0 bridgehead atoms. The van der Waals surface area contributed by atoms with Crippen LogP contribution in [0.1, 0.15) is 70.6 Å². The van der Waals surface area contributed by atoms with Gasteiger partial charge in [0.15, 0.2) is 5.78 Å². The monoisotopic (exact) mass is 571 g/mol. The van der Waals surface area contributed by atoms with Crippen LogP contribution in [0.4, 0.5) is 5.69 Å². The molecule has 3 aromatic carbocycles. The van der Waals surface area contributed by atoms with Gasteiger partial charge in [0.25, 0.3) is 0 Å². The lowest BCUT2D eigenvalue weighted by Crippen LogP contribution is -2.43. The summed E-state index contributed by atoms with van der Waals surface area (Å²) in [4.78, 5) is 37.7. The molecule has 1 amide bonds. The number of nitrogens with zero attached hydrogens (tertiary/aromatic N) is 1. The van der Waals surface area contributed by atoms with E-state index in [1.807, 2.05) is 86.6 Å². The number of hydrogen-bond donors (Lipinski definition) is 1. The summed E-state index contributed by atoms with van der Waals surface area (Å²) in [5.41, 5.74) is 4.86. The highest BCUT2D eigenvalue weighted by Crippen LogP contribution is 2.39. The molecule has 1 aliphatic heterocycles. The van der Waals surface area contributed by atoms with Gasteiger partial charge in [-0.15, -0.1) is 0 Å². The third-order valence-corrected chi connectivity index (χ3v) is 6.92. The molecule has 6 nitrogen and oxygen atoms in total. The first-order chi connectivity index (χ1) is 20.4. The highest BCUT2D eigenvalue weighted by molar-refractivity contribution is 6.04. The molecule has 2 atom stereocenters. The number of carbonyl (C=O) groups excluding carboxylic acids is 3. The van der Waals surface area contributed by atoms with Gasteiger partial charge in [-0.1, -0.05) is 119 Å². The number of carbonyl (C=O) groups is 3. The fraction of sp³-hybridized carbons (Fsp3) is 0.361. The number of allylic oxidation sites excluding steroid dienone is 1. The second kappa shape index (κ2) is 18.4. The molecule has 1 aliphatic rings. The molecular weight excluding hydrogens is 526 g/mol. The van der Waals surface area contributed by atoms with Gasteiger partial charge in [-0.3, -0.25) is 14.4 Å². The summed E-state index contributed by atoms with van der Waals surface area (Å²) in [6, 6.07) is 27.5. The average Bonchev–Trinajstić information content (AvgIpc) is 3.04. The molecule has 1 N–H and O–H groups in total. The Labute approximate surface area is 251 Å². The SMILES string of the molecule is CC.CC(=O)OCc1ccccc1.CCCC1C(=O)N(CC(=O)CO)c2ccccc2/C(c2ccccc2)=C\C1CC. The quantitative estimate of drug-likeness (QED) is 0.274. The van der Waals surface area contributed by atoms with Gasteiger partial charge in [-0.05, 0) is 41.5 Å². The van der Waals surface area contributed by atoms with Crippen molar-refractivity contribution in [3.63, 3.8) is 0 Å². The lowest BCUT2D eigenvalue weighted by Gasteiger charge is -2.34. The molecule has 4 rings (SSSR count). The van der Waals surface area contributed by atoms with Crippen LogP contribution in [0.3, 0.4) is 0 Å². The Morgan fingerprint density at radius 1 is 0.881 bits per heavy atom. The molecule has 0 saturated carbocycles. The number of anilines is 1. The summed E-state index contributed by atoms with van der Waals surface area (Å²) in [6.45, 7) is 9.29. The van der Waals surface area contributed by atoms with Crippen molar-refractivity contribution < 1.29 is 24.2 Å². The highest BCUT2D eigenvalue weighted by Gasteiger charge is 2.34. The van der Waals surface area contributed by atoms with Gasteiger partial charge in [0.1, 0.15) is 13.2 Å².